The lowest BCUT2D eigenvalue weighted by molar-refractivity contribution is 0.0735. The van der Waals surface area contributed by atoms with Gasteiger partial charge < -0.3 is 9.84 Å². The minimum atomic E-state index is -0.215. The van der Waals surface area contributed by atoms with Gasteiger partial charge in [0.15, 0.2) is 0 Å². The Morgan fingerprint density at radius 2 is 2.00 bits per heavy atom. The number of hydrogen-bond donors (Lipinski definition) is 1. The maximum absolute atomic E-state index is 10.5. The lowest BCUT2D eigenvalue weighted by Gasteiger charge is -2.31. The van der Waals surface area contributed by atoms with Gasteiger partial charge in [-0.2, -0.15) is 0 Å². The van der Waals surface area contributed by atoms with E-state index in [0.717, 1.165) is 22.6 Å². The second-order valence-electron chi connectivity index (χ2n) is 5.93. The van der Waals surface area contributed by atoms with Gasteiger partial charge in [-0.05, 0) is 64.7 Å². The zero-order valence-corrected chi connectivity index (χ0v) is 14.0. The molecule has 20 heavy (non-hydrogen) atoms. The molecule has 3 heteroatoms. The fourth-order valence-electron chi connectivity index (χ4n) is 3.23. The summed E-state index contributed by atoms with van der Waals surface area (Å²) in [5.41, 5.74) is 1.17. The van der Waals surface area contributed by atoms with Crippen LogP contribution in [0.1, 0.15) is 44.6 Å². The van der Waals surface area contributed by atoms with E-state index in [0.29, 0.717) is 5.92 Å². The van der Waals surface area contributed by atoms with Crippen molar-refractivity contribution in [3.05, 3.63) is 28.2 Å². The summed E-state index contributed by atoms with van der Waals surface area (Å²) in [5.74, 6) is 2.19. The normalized spacial score (nSPS) is 24.4. The Kier molecular flexibility index (Phi) is 5.91. The predicted molar refractivity (Wildman–Crippen MR) is 86.1 cm³/mol. The van der Waals surface area contributed by atoms with E-state index < -0.39 is 0 Å². The molecule has 2 rings (SSSR count). The van der Waals surface area contributed by atoms with Gasteiger partial charge in [0.2, 0.25) is 0 Å². The summed E-state index contributed by atoms with van der Waals surface area (Å²) in [6.45, 7) is 2.27. The van der Waals surface area contributed by atoms with Crippen molar-refractivity contribution >= 4 is 15.9 Å². The van der Waals surface area contributed by atoms with Crippen molar-refractivity contribution in [1.29, 1.82) is 0 Å². The van der Waals surface area contributed by atoms with E-state index in [9.17, 15) is 5.11 Å². The minimum Gasteiger partial charge on any atom is -0.496 e. The molecule has 1 unspecified atom stereocenters. The van der Waals surface area contributed by atoms with Crippen LogP contribution in [0.25, 0.3) is 0 Å². The van der Waals surface area contributed by atoms with Crippen LogP contribution in [0, 0.1) is 11.8 Å². The largest absolute Gasteiger partial charge is 0.496 e. The quantitative estimate of drug-likeness (QED) is 0.850. The average molecular weight is 341 g/mol. The van der Waals surface area contributed by atoms with Crippen LogP contribution in [0.15, 0.2) is 22.7 Å². The van der Waals surface area contributed by atoms with E-state index in [-0.39, 0.29) is 6.10 Å². The first-order chi connectivity index (χ1) is 9.63. The Balaban J connectivity index is 1.91. The Labute approximate surface area is 130 Å². The second kappa shape index (κ2) is 7.46. The number of ether oxygens (including phenoxy) is 1. The summed E-state index contributed by atoms with van der Waals surface area (Å²) in [6, 6.07) is 6.06. The van der Waals surface area contributed by atoms with Crippen LogP contribution in [-0.4, -0.2) is 18.3 Å². The molecule has 0 heterocycles. The minimum absolute atomic E-state index is 0.215. The molecule has 1 atom stereocenters. The van der Waals surface area contributed by atoms with E-state index in [1.165, 1.54) is 37.7 Å². The second-order valence-corrected chi connectivity index (χ2v) is 6.78. The molecule has 0 spiro atoms. The van der Waals surface area contributed by atoms with Gasteiger partial charge in [0.1, 0.15) is 5.75 Å². The van der Waals surface area contributed by atoms with Crippen LogP contribution in [0.2, 0.25) is 0 Å². The van der Waals surface area contributed by atoms with Gasteiger partial charge >= 0.3 is 0 Å². The molecular formula is C17H25BrO2. The molecule has 1 aliphatic carbocycles. The highest BCUT2D eigenvalue weighted by molar-refractivity contribution is 9.10. The van der Waals surface area contributed by atoms with Gasteiger partial charge in [0.25, 0.3) is 0 Å². The Morgan fingerprint density at radius 3 is 2.55 bits per heavy atom. The molecule has 1 aliphatic rings. The van der Waals surface area contributed by atoms with Crippen LogP contribution in [-0.2, 0) is 6.42 Å². The van der Waals surface area contributed by atoms with Crippen molar-refractivity contribution in [2.45, 2.75) is 51.6 Å². The number of halogens is 1. The third kappa shape index (κ3) is 3.98. The van der Waals surface area contributed by atoms with E-state index >= 15 is 0 Å². The molecule has 112 valence electrons. The van der Waals surface area contributed by atoms with Crippen molar-refractivity contribution < 1.29 is 9.84 Å². The van der Waals surface area contributed by atoms with Gasteiger partial charge in [-0.25, -0.2) is 0 Å². The molecule has 1 saturated carbocycles. The smallest absolute Gasteiger partial charge is 0.133 e. The van der Waals surface area contributed by atoms with Crippen LogP contribution in [0.4, 0.5) is 0 Å². The first-order valence-electron chi connectivity index (χ1n) is 7.64. The van der Waals surface area contributed by atoms with E-state index in [1.807, 2.05) is 12.1 Å². The van der Waals surface area contributed by atoms with Crippen LogP contribution >= 0.6 is 15.9 Å². The summed E-state index contributed by atoms with van der Waals surface area (Å²) in [6.07, 6.45) is 6.73. The van der Waals surface area contributed by atoms with Gasteiger partial charge in [-0.3, -0.25) is 0 Å². The fraction of sp³-hybridized carbons (Fsp3) is 0.647. The van der Waals surface area contributed by atoms with E-state index in [4.69, 9.17) is 4.74 Å². The molecule has 0 bridgehead atoms. The highest BCUT2D eigenvalue weighted by Crippen LogP contribution is 2.34. The lowest BCUT2D eigenvalue weighted by Crippen LogP contribution is -2.27. The van der Waals surface area contributed by atoms with Crippen molar-refractivity contribution in [1.82, 2.24) is 0 Å². The summed E-state index contributed by atoms with van der Waals surface area (Å²) >= 11 is 3.50. The van der Waals surface area contributed by atoms with Crippen LogP contribution in [0.3, 0.4) is 0 Å². The zero-order valence-electron chi connectivity index (χ0n) is 12.4. The number of rotatable bonds is 5. The van der Waals surface area contributed by atoms with Gasteiger partial charge in [-0.1, -0.05) is 32.3 Å². The Bertz CT molecular complexity index is 425. The van der Waals surface area contributed by atoms with Crippen LogP contribution < -0.4 is 4.74 Å². The number of methoxy groups -OCH3 is 1. The zero-order chi connectivity index (χ0) is 14.5. The molecule has 0 radical (unpaired) electrons. The maximum atomic E-state index is 10.5. The molecule has 0 aliphatic heterocycles. The summed E-state index contributed by atoms with van der Waals surface area (Å²) in [4.78, 5) is 0. The average Bonchev–Trinajstić information content (AvgIpc) is 2.47. The topological polar surface area (TPSA) is 29.5 Å². The van der Waals surface area contributed by atoms with Crippen molar-refractivity contribution in [3.63, 3.8) is 0 Å². The molecule has 2 nitrogen and oxygen atoms in total. The monoisotopic (exact) mass is 340 g/mol. The third-order valence-corrected chi connectivity index (χ3v) is 5.29. The number of aliphatic hydroxyl groups is 1. The van der Waals surface area contributed by atoms with Gasteiger partial charge in [-0.15, -0.1) is 0 Å². The number of hydrogen-bond acceptors (Lipinski definition) is 2. The lowest BCUT2D eigenvalue weighted by atomic mass is 9.77. The van der Waals surface area contributed by atoms with Crippen LogP contribution in [0.5, 0.6) is 5.75 Å². The van der Waals surface area contributed by atoms with Crippen molar-refractivity contribution in [2.24, 2.45) is 11.8 Å². The summed E-state index contributed by atoms with van der Waals surface area (Å²) in [7, 11) is 1.67. The van der Waals surface area contributed by atoms with E-state index in [2.05, 4.69) is 28.9 Å². The molecule has 0 aromatic heterocycles. The number of benzene rings is 1. The fourth-order valence-corrected chi connectivity index (χ4v) is 3.81. The molecule has 1 aromatic rings. The standard InChI is InChI=1S/C17H25BrO2/c1-3-12-4-7-14(8-5-12)16(19)11-13-6-9-17(20-2)15(18)10-13/h6,9-10,12,14,16,19H,3-5,7-8,11H2,1-2H3. The van der Waals surface area contributed by atoms with Crippen molar-refractivity contribution in [3.8, 4) is 5.75 Å². The Hall–Kier alpha value is -0.540. The molecule has 0 amide bonds. The molecule has 1 fully saturated rings. The first kappa shape index (κ1) is 15.8. The highest BCUT2D eigenvalue weighted by atomic mass is 79.9. The maximum Gasteiger partial charge on any atom is 0.133 e. The third-order valence-electron chi connectivity index (χ3n) is 4.67. The highest BCUT2D eigenvalue weighted by Gasteiger charge is 2.25. The summed E-state index contributed by atoms with van der Waals surface area (Å²) in [5, 5.41) is 10.5. The SMILES string of the molecule is CCC1CCC(C(O)Cc2ccc(OC)c(Br)c2)CC1. The molecule has 1 aromatic carbocycles. The summed E-state index contributed by atoms with van der Waals surface area (Å²) < 4.78 is 6.19. The van der Waals surface area contributed by atoms with Gasteiger partial charge in [0.05, 0.1) is 17.7 Å². The van der Waals surface area contributed by atoms with Gasteiger partial charge in [0, 0.05) is 0 Å². The first-order valence-corrected chi connectivity index (χ1v) is 8.43. The predicted octanol–water partition coefficient (Wildman–Crippen LogP) is 4.58. The number of aliphatic hydroxyl groups excluding tert-OH is 1. The molecule has 0 saturated heterocycles. The molecular weight excluding hydrogens is 316 g/mol. The molecule has 1 N–H and O–H groups in total. The van der Waals surface area contributed by atoms with E-state index in [1.54, 1.807) is 7.11 Å². The Morgan fingerprint density at radius 1 is 1.30 bits per heavy atom. The van der Waals surface area contributed by atoms with Crippen molar-refractivity contribution in [2.75, 3.05) is 7.11 Å².